The summed E-state index contributed by atoms with van der Waals surface area (Å²) in [6.45, 7) is -0.684. The first-order chi connectivity index (χ1) is 14.2. The number of hydrogen-bond acceptors (Lipinski definition) is 7. The number of hydrogen-bond donors (Lipinski definition) is 2. The van der Waals surface area contributed by atoms with Gasteiger partial charge in [-0.3, -0.25) is 14.8 Å². The molecule has 11 heteroatoms. The van der Waals surface area contributed by atoms with Gasteiger partial charge in [0, 0.05) is 12.4 Å². The molecule has 158 valence electrons. The van der Waals surface area contributed by atoms with Crippen molar-refractivity contribution in [1.29, 1.82) is 0 Å². The number of Topliss-reactive ketones (excluding diaryl/α,β-unsaturated/α-hetero) is 1. The largest absolute Gasteiger partial charge is 0.418 e. The van der Waals surface area contributed by atoms with Crippen LogP contribution in [0.5, 0.6) is 0 Å². The van der Waals surface area contributed by atoms with Gasteiger partial charge < -0.3 is 9.75 Å². The van der Waals surface area contributed by atoms with Gasteiger partial charge in [-0.25, -0.2) is 11.7 Å². The van der Waals surface area contributed by atoms with Crippen LogP contribution in [0.3, 0.4) is 0 Å². The number of anilines is 1. The summed E-state index contributed by atoms with van der Waals surface area (Å²) in [5.41, 5.74) is -0.313. The van der Waals surface area contributed by atoms with Crippen LogP contribution in [0.1, 0.15) is 11.1 Å². The van der Waals surface area contributed by atoms with Gasteiger partial charge in [0.2, 0.25) is 0 Å². The summed E-state index contributed by atoms with van der Waals surface area (Å²) in [6, 6.07) is 9.89. The molecule has 2 heterocycles. The van der Waals surface area contributed by atoms with E-state index in [0.717, 1.165) is 16.2 Å². The summed E-state index contributed by atoms with van der Waals surface area (Å²) in [5, 5.41) is 2.16. The fourth-order valence-electron chi connectivity index (χ4n) is 2.94. The molecule has 7 nitrogen and oxygen atoms in total. The average Bonchev–Trinajstić information content (AvgIpc) is 2.72. The van der Waals surface area contributed by atoms with Gasteiger partial charge in [-0.2, -0.15) is 13.2 Å². The third kappa shape index (κ3) is 4.65. The summed E-state index contributed by atoms with van der Waals surface area (Å²) in [6.07, 6.45) is -2.64. The highest BCUT2D eigenvalue weighted by atomic mass is 32.1. The van der Waals surface area contributed by atoms with Gasteiger partial charge in [0.25, 0.3) is 0 Å². The van der Waals surface area contributed by atoms with E-state index < -0.39 is 17.5 Å². The maximum absolute atomic E-state index is 13.3. The van der Waals surface area contributed by atoms with Crippen molar-refractivity contribution >= 4 is 28.7 Å². The van der Waals surface area contributed by atoms with Gasteiger partial charge in [0.1, 0.15) is 11.6 Å². The molecule has 1 aliphatic rings. The first kappa shape index (κ1) is 21.8. The molecule has 0 unspecified atom stereocenters. The van der Waals surface area contributed by atoms with Crippen molar-refractivity contribution in [2.24, 2.45) is 11.7 Å². The molecule has 2 aromatic rings. The highest BCUT2D eigenvalue weighted by Crippen LogP contribution is 2.32. The van der Waals surface area contributed by atoms with Crippen molar-refractivity contribution < 1.29 is 22.7 Å². The SMILES string of the molecule is NN(Cc1ccncc1C(F)(F)F)C1=C(C(=S)N(N)c2ccccc2)C(=O)COC1. The number of carbonyl (C=O) groups excluding carboxylic acids is 1. The standard InChI is InChI=1S/C19H18F3N5O2S/c20-19(21,22)14-8-25-7-6-12(14)9-26(23)15-10-29-11-16(28)17(15)18(30)27(24)13-4-2-1-3-5-13/h1-8H,9-11,23-24H2. The molecule has 0 bridgehead atoms. The summed E-state index contributed by atoms with van der Waals surface area (Å²) in [5.74, 6) is 11.7. The van der Waals surface area contributed by atoms with Gasteiger partial charge >= 0.3 is 6.18 Å². The monoisotopic (exact) mass is 437 g/mol. The number of nitrogens with zero attached hydrogens (tertiary/aromatic N) is 3. The Kier molecular flexibility index (Phi) is 6.46. The van der Waals surface area contributed by atoms with E-state index >= 15 is 0 Å². The number of hydrazine groups is 2. The van der Waals surface area contributed by atoms with Gasteiger partial charge in [0.15, 0.2) is 5.78 Å². The Bertz CT molecular complexity index is 982. The topological polar surface area (TPSA) is 97.7 Å². The number of ketones is 1. The van der Waals surface area contributed by atoms with Gasteiger partial charge in [-0.05, 0) is 23.8 Å². The molecule has 3 rings (SSSR count). The molecule has 0 amide bonds. The van der Waals surface area contributed by atoms with Gasteiger partial charge in [-0.15, -0.1) is 0 Å². The predicted octanol–water partition coefficient (Wildman–Crippen LogP) is 2.34. The molecule has 1 aromatic heterocycles. The van der Waals surface area contributed by atoms with Crippen molar-refractivity contribution in [2.45, 2.75) is 12.7 Å². The number of nitrogens with two attached hydrogens (primary N) is 2. The Hall–Kier alpha value is -2.86. The molecular weight excluding hydrogens is 419 g/mol. The predicted molar refractivity (Wildman–Crippen MR) is 108 cm³/mol. The lowest BCUT2D eigenvalue weighted by Crippen LogP contribution is -2.45. The Morgan fingerprint density at radius 2 is 1.87 bits per heavy atom. The van der Waals surface area contributed by atoms with Crippen molar-refractivity contribution in [1.82, 2.24) is 9.99 Å². The first-order valence-corrected chi connectivity index (χ1v) is 9.11. The van der Waals surface area contributed by atoms with E-state index in [0.29, 0.717) is 5.69 Å². The number of carbonyl (C=O) groups is 1. The normalized spacial score (nSPS) is 14.6. The van der Waals surface area contributed by atoms with Gasteiger partial charge in [0.05, 0.1) is 35.7 Å². The number of ether oxygens (including phenoxy) is 1. The number of para-hydroxylation sites is 1. The molecule has 30 heavy (non-hydrogen) atoms. The van der Waals surface area contributed by atoms with Crippen molar-refractivity contribution in [3.05, 3.63) is 71.2 Å². The highest BCUT2D eigenvalue weighted by molar-refractivity contribution is 7.81. The Balaban J connectivity index is 1.95. The summed E-state index contributed by atoms with van der Waals surface area (Å²) in [7, 11) is 0. The maximum atomic E-state index is 13.3. The van der Waals surface area contributed by atoms with Crippen LogP contribution < -0.4 is 16.7 Å². The molecule has 1 aliphatic heterocycles. The zero-order valence-electron chi connectivity index (χ0n) is 15.6. The molecule has 0 atom stereocenters. The fourth-order valence-corrected chi connectivity index (χ4v) is 3.27. The Labute approximate surface area is 175 Å². The van der Waals surface area contributed by atoms with Crippen LogP contribution in [-0.4, -0.2) is 34.0 Å². The molecule has 0 fully saturated rings. The van der Waals surface area contributed by atoms with Crippen LogP contribution in [-0.2, 0) is 22.3 Å². The number of halogens is 3. The number of rotatable bonds is 5. The minimum atomic E-state index is -4.60. The quantitative estimate of drug-likeness (QED) is 0.418. The van der Waals surface area contributed by atoms with Crippen LogP contribution in [0, 0.1) is 0 Å². The van der Waals surface area contributed by atoms with Crippen LogP contribution >= 0.6 is 12.2 Å². The molecule has 0 radical (unpaired) electrons. The van der Waals surface area contributed by atoms with Gasteiger partial charge in [-0.1, -0.05) is 30.4 Å². The lowest BCUT2D eigenvalue weighted by atomic mass is 10.0. The summed E-state index contributed by atoms with van der Waals surface area (Å²) < 4.78 is 45.0. The second kappa shape index (κ2) is 8.88. The molecule has 0 saturated carbocycles. The second-order valence-electron chi connectivity index (χ2n) is 6.41. The number of pyridine rings is 1. The number of benzene rings is 1. The van der Waals surface area contributed by atoms with E-state index in [1.807, 2.05) is 0 Å². The zero-order chi connectivity index (χ0) is 21.9. The molecule has 4 N–H and O–H groups in total. The van der Waals surface area contributed by atoms with E-state index in [1.54, 1.807) is 30.3 Å². The molecule has 1 aromatic carbocycles. The number of thiocarbonyl (C=S) groups is 1. The molecule has 0 saturated heterocycles. The smallest absolute Gasteiger partial charge is 0.367 e. The third-order valence-corrected chi connectivity index (χ3v) is 4.81. The van der Waals surface area contributed by atoms with E-state index in [2.05, 4.69) is 4.98 Å². The van der Waals surface area contributed by atoms with E-state index in [-0.39, 0.29) is 41.6 Å². The molecule has 0 spiro atoms. The first-order valence-electron chi connectivity index (χ1n) is 8.70. The average molecular weight is 437 g/mol. The highest BCUT2D eigenvalue weighted by Gasteiger charge is 2.35. The lowest BCUT2D eigenvalue weighted by Gasteiger charge is -2.31. The van der Waals surface area contributed by atoms with Crippen LogP contribution in [0.2, 0.25) is 0 Å². The minimum absolute atomic E-state index is 0.00859. The maximum Gasteiger partial charge on any atom is 0.418 e. The number of aromatic nitrogens is 1. The summed E-state index contributed by atoms with van der Waals surface area (Å²) >= 11 is 5.40. The van der Waals surface area contributed by atoms with Crippen LogP contribution in [0.25, 0.3) is 0 Å². The fraction of sp³-hybridized carbons (Fsp3) is 0.211. The Morgan fingerprint density at radius 1 is 1.17 bits per heavy atom. The van der Waals surface area contributed by atoms with Crippen molar-refractivity contribution in [3.63, 3.8) is 0 Å². The number of alkyl halides is 3. The Morgan fingerprint density at radius 3 is 2.53 bits per heavy atom. The zero-order valence-corrected chi connectivity index (χ0v) is 16.4. The molecule has 0 aliphatic carbocycles. The summed E-state index contributed by atoms with van der Waals surface area (Å²) in [4.78, 5) is 16.1. The van der Waals surface area contributed by atoms with Crippen LogP contribution in [0.15, 0.2) is 60.1 Å². The van der Waals surface area contributed by atoms with E-state index in [9.17, 15) is 18.0 Å². The molecular formula is C19H18F3N5O2S. The van der Waals surface area contributed by atoms with Crippen LogP contribution in [0.4, 0.5) is 18.9 Å². The second-order valence-corrected chi connectivity index (χ2v) is 6.79. The van der Waals surface area contributed by atoms with Crippen molar-refractivity contribution in [3.8, 4) is 0 Å². The minimum Gasteiger partial charge on any atom is -0.367 e. The van der Waals surface area contributed by atoms with E-state index in [1.165, 1.54) is 12.3 Å². The van der Waals surface area contributed by atoms with E-state index in [4.69, 9.17) is 28.6 Å². The third-order valence-electron chi connectivity index (χ3n) is 4.41. The van der Waals surface area contributed by atoms with Crippen molar-refractivity contribution in [2.75, 3.05) is 18.2 Å². The lowest BCUT2D eigenvalue weighted by molar-refractivity contribution is -0.138.